The van der Waals surface area contributed by atoms with Gasteiger partial charge in [-0.05, 0) is 11.6 Å². The third kappa shape index (κ3) is 2.05. The van der Waals surface area contributed by atoms with Crippen molar-refractivity contribution in [2.24, 2.45) is 5.73 Å². The number of nitrogens with two attached hydrogens (primary N) is 1. The van der Waals surface area contributed by atoms with Gasteiger partial charge in [0.05, 0.1) is 6.42 Å². The van der Waals surface area contributed by atoms with E-state index in [4.69, 9.17) is 31.9 Å². The summed E-state index contributed by atoms with van der Waals surface area (Å²) in [6.07, 6.45) is -0.181. The molecule has 0 fully saturated rings. The molecule has 6 heteroatoms. The van der Waals surface area contributed by atoms with Gasteiger partial charge in [0.1, 0.15) is 0 Å². The van der Waals surface area contributed by atoms with Gasteiger partial charge in [-0.25, -0.2) is 0 Å². The number of hydrogen-bond acceptors (Lipinski definition) is 4. The maximum absolute atomic E-state index is 10.5. The molecule has 1 aromatic rings. The van der Waals surface area contributed by atoms with Crippen molar-refractivity contribution >= 4 is 17.6 Å². The van der Waals surface area contributed by atoms with Gasteiger partial charge in [0.2, 0.25) is 6.79 Å². The molecule has 2 rings (SSSR count). The smallest absolute Gasteiger partial charge is 0.305 e. The first kappa shape index (κ1) is 11.0. The highest BCUT2D eigenvalue weighted by Gasteiger charge is 2.20. The van der Waals surface area contributed by atoms with Crippen LogP contribution in [0.1, 0.15) is 18.0 Å². The zero-order valence-electron chi connectivity index (χ0n) is 8.27. The van der Waals surface area contributed by atoms with E-state index in [2.05, 4.69) is 0 Å². The largest absolute Gasteiger partial charge is 0.481 e. The van der Waals surface area contributed by atoms with Crippen molar-refractivity contribution in [1.29, 1.82) is 0 Å². The Labute approximate surface area is 96.7 Å². The van der Waals surface area contributed by atoms with E-state index in [1.165, 1.54) is 0 Å². The molecule has 86 valence electrons. The molecule has 0 spiro atoms. The Morgan fingerprint density at radius 2 is 2.12 bits per heavy atom. The molecule has 0 bridgehead atoms. The average Bonchev–Trinajstić information content (AvgIpc) is 2.61. The molecule has 1 atom stereocenters. The summed E-state index contributed by atoms with van der Waals surface area (Å²) >= 11 is 5.98. The Morgan fingerprint density at radius 3 is 2.75 bits per heavy atom. The molecule has 1 heterocycles. The molecule has 1 aliphatic rings. The van der Waals surface area contributed by atoms with Crippen LogP contribution in [0.4, 0.5) is 0 Å². The summed E-state index contributed by atoms with van der Waals surface area (Å²) in [6.45, 7) is 0.142. The normalized spacial score (nSPS) is 14.9. The quantitative estimate of drug-likeness (QED) is 0.842. The summed E-state index contributed by atoms with van der Waals surface area (Å²) in [7, 11) is 0. The lowest BCUT2D eigenvalue weighted by Crippen LogP contribution is -2.15. The number of rotatable bonds is 3. The lowest BCUT2D eigenvalue weighted by Gasteiger charge is -2.12. The van der Waals surface area contributed by atoms with Crippen LogP contribution in [0.2, 0.25) is 5.02 Å². The van der Waals surface area contributed by atoms with Crippen LogP contribution in [-0.2, 0) is 4.79 Å². The predicted octanol–water partition coefficient (Wildman–Crippen LogP) is 1.54. The van der Waals surface area contributed by atoms with E-state index in [0.29, 0.717) is 22.1 Å². The lowest BCUT2D eigenvalue weighted by molar-refractivity contribution is -0.137. The van der Waals surface area contributed by atoms with E-state index in [-0.39, 0.29) is 13.2 Å². The molecule has 5 nitrogen and oxygen atoms in total. The first-order valence-electron chi connectivity index (χ1n) is 4.64. The Hall–Kier alpha value is -1.46. The van der Waals surface area contributed by atoms with Crippen LogP contribution in [0.3, 0.4) is 0 Å². The summed E-state index contributed by atoms with van der Waals surface area (Å²) < 4.78 is 10.3. The average molecular weight is 244 g/mol. The van der Waals surface area contributed by atoms with Gasteiger partial charge < -0.3 is 20.3 Å². The number of benzene rings is 1. The molecule has 1 aromatic carbocycles. The van der Waals surface area contributed by atoms with Gasteiger partial charge in [-0.15, -0.1) is 0 Å². The number of carbonyl (C=O) groups is 1. The van der Waals surface area contributed by atoms with Crippen molar-refractivity contribution in [2.45, 2.75) is 12.5 Å². The minimum Gasteiger partial charge on any atom is -0.481 e. The highest BCUT2D eigenvalue weighted by molar-refractivity contribution is 6.31. The Bertz CT molecular complexity index is 435. The number of fused-ring (bicyclic) bond motifs is 1. The number of carboxylic acid groups (broad SMARTS) is 1. The summed E-state index contributed by atoms with van der Waals surface area (Å²) in [5.41, 5.74) is 6.28. The van der Waals surface area contributed by atoms with E-state index >= 15 is 0 Å². The molecule has 1 unspecified atom stereocenters. The number of ether oxygens (including phenoxy) is 2. The third-order valence-electron chi connectivity index (χ3n) is 2.29. The van der Waals surface area contributed by atoms with Gasteiger partial charge >= 0.3 is 5.97 Å². The van der Waals surface area contributed by atoms with Crippen LogP contribution in [0.15, 0.2) is 12.1 Å². The summed E-state index contributed by atoms with van der Waals surface area (Å²) in [4.78, 5) is 10.5. The van der Waals surface area contributed by atoms with Crippen molar-refractivity contribution in [3.05, 3.63) is 22.7 Å². The molecular weight excluding hydrogens is 234 g/mol. The zero-order chi connectivity index (χ0) is 11.7. The Kier molecular flexibility index (Phi) is 2.89. The van der Waals surface area contributed by atoms with Crippen LogP contribution >= 0.6 is 11.6 Å². The molecule has 0 radical (unpaired) electrons. The van der Waals surface area contributed by atoms with Gasteiger partial charge in [0.25, 0.3) is 0 Å². The second-order valence-corrected chi connectivity index (χ2v) is 3.84. The molecule has 0 saturated carbocycles. The van der Waals surface area contributed by atoms with Crippen LogP contribution in [0.5, 0.6) is 11.5 Å². The van der Waals surface area contributed by atoms with Crippen molar-refractivity contribution in [3.63, 3.8) is 0 Å². The fraction of sp³-hybridized carbons (Fsp3) is 0.300. The molecule has 0 amide bonds. The van der Waals surface area contributed by atoms with E-state index < -0.39 is 12.0 Å². The molecule has 16 heavy (non-hydrogen) atoms. The number of hydrogen-bond donors (Lipinski definition) is 2. The first-order chi connectivity index (χ1) is 7.58. The van der Waals surface area contributed by atoms with Crippen molar-refractivity contribution in [2.75, 3.05) is 6.79 Å². The maximum Gasteiger partial charge on any atom is 0.305 e. The molecule has 0 aliphatic carbocycles. The SMILES string of the molecule is NC(CC(=O)O)c1cc2c(cc1Cl)OCO2. The fourth-order valence-corrected chi connectivity index (χ4v) is 1.81. The zero-order valence-corrected chi connectivity index (χ0v) is 9.03. The lowest BCUT2D eigenvalue weighted by atomic mass is 10.0. The van der Waals surface area contributed by atoms with Crippen molar-refractivity contribution in [1.82, 2.24) is 0 Å². The van der Waals surface area contributed by atoms with Crippen molar-refractivity contribution < 1.29 is 19.4 Å². The summed E-state index contributed by atoms with van der Waals surface area (Å²) in [5, 5.41) is 9.04. The highest BCUT2D eigenvalue weighted by atomic mass is 35.5. The third-order valence-corrected chi connectivity index (χ3v) is 2.61. The topological polar surface area (TPSA) is 81.8 Å². The van der Waals surface area contributed by atoms with Gasteiger partial charge in [-0.2, -0.15) is 0 Å². The van der Waals surface area contributed by atoms with Crippen LogP contribution < -0.4 is 15.2 Å². The van der Waals surface area contributed by atoms with E-state index in [1.54, 1.807) is 12.1 Å². The number of aliphatic carboxylic acids is 1. The monoisotopic (exact) mass is 243 g/mol. The Balaban J connectivity index is 2.30. The van der Waals surface area contributed by atoms with Crippen molar-refractivity contribution in [3.8, 4) is 11.5 Å². The van der Waals surface area contributed by atoms with Gasteiger partial charge in [-0.1, -0.05) is 11.6 Å². The fourth-order valence-electron chi connectivity index (χ4n) is 1.52. The second kappa shape index (κ2) is 4.19. The standard InChI is InChI=1S/C10H10ClNO4/c11-6-2-9-8(15-4-16-9)1-5(6)7(12)3-10(13)14/h1-2,7H,3-4,12H2,(H,13,14). The molecular formula is C10H10ClNO4. The first-order valence-corrected chi connectivity index (χ1v) is 5.02. The summed E-state index contributed by atoms with van der Waals surface area (Å²) in [6, 6.07) is 2.55. The van der Waals surface area contributed by atoms with E-state index in [9.17, 15) is 4.79 Å². The number of halogens is 1. The molecule has 0 saturated heterocycles. The van der Waals surface area contributed by atoms with Gasteiger partial charge in [0, 0.05) is 17.1 Å². The molecule has 3 N–H and O–H groups in total. The highest BCUT2D eigenvalue weighted by Crippen LogP contribution is 2.38. The van der Waals surface area contributed by atoms with Crippen LogP contribution in [0.25, 0.3) is 0 Å². The minimum atomic E-state index is -0.971. The van der Waals surface area contributed by atoms with E-state index in [1.807, 2.05) is 0 Å². The second-order valence-electron chi connectivity index (χ2n) is 3.43. The minimum absolute atomic E-state index is 0.142. The number of carboxylic acids is 1. The molecule has 1 aliphatic heterocycles. The van der Waals surface area contributed by atoms with Gasteiger partial charge in [-0.3, -0.25) is 4.79 Å². The Morgan fingerprint density at radius 1 is 1.50 bits per heavy atom. The summed E-state index contributed by atoms with van der Waals surface area (Å²) in [5.74, 6) is 0.123. The maximum atomic E-state index is 10.5. The van der Waals surface area contributed by atoms with Gasteiger partial charge in [0.15, 0.2) is 11.5 Å². The van der Waals surface area contributed by atoms with Crippen LogP contribution in [0, 0.1) is 0 Å². The van der Waals surface area contributed by atoms with E-state index in [0.717, 1.165) is 0 Å². The molecule has 0 aromatic heterocycles. The van der Waals surface area contributed by atoms with Crippen LogP contribution in [-0.4, -0.2) is 17.9 Å². The predicted molar refractivity (Wildman–Crippen MR) is 56.8 cm³/mol.